The minimum absolute atomic E-state index is 0.0418. The molecule has 0 bridgehead atoms. The SMILES string of the molecule is c1ccc(CN2CCO[C@H]2c2ccn(-c3ccccc3)c2)cc1. The lowest BCUT2D eigenvalue weighted by Crippen LogP contribution is -2.23. The quantitative estimate of drug-likeness (QED) is 0.724. The third-order valence-corrected chi connectivity index (χ3v) is 4.27. The molecule has 3 nitrogen and oxygen atoms in total. The Balaban J connectivity index is 1.54. The van der Waals surface area contributed by atoms with Crippen molar-refractivity contribution in [1.29, 1.82) is 0 Å². The molecule has 3 heteroatoms. The second-order valence-electron chi connectivity index (χ2n) is 5.87. The zero-order valence-electron chi connectivity index (χ0n) is 13.0. The van der Waals surface area contributed by atoms with E-state index >= 15 is 0 Å². The maximum atomic E-state index is 5.99. The lowest BCUT2D eigenvalue weighted by molar-refractivity contribution is 0.0288. The van der Waals surface area contributed by atoms with Gasteiger partial charge >= 0.3 is 0 Å². The number of aromatic nitrogens is 1. The van der Waals surface area contributed by atoms with Gasteiger partial charge < -0.3 is 9.30 Å². The van der Waals surface area contributed by atoms with Gasteiger partial charge in [0.1, 0.15) is 6.23 Å². The Morgan fingerprint density at radius 1 is 0.913 bits per heavy atom. The summed E-state index contributed by atoms with van der Waals surface area (Å²) in [7, 11) is 0. The van der Waals surface area contributed by atoms with Gasteiger partial charge in [0.25, 0.3) is 0 Å². The lowest BCUT2D eigenvalue weighted by Gasteiger charge is -2.22. The smallest absolute Gasteiger partial charge is 0.138 e. The molecule has 1 fully saturated rings. The number of para-hydroxylation sites is 1. The van der Waals surface area contributed by atoms with Crippen molar-refractivity contribution < 1.29 is 4.74 Å². The van der Waals surface area contributed by atoms with Crippen molar-refractivity contribution in [2.45, 2.75) is 12.8 Å². The van der Waals surface area contributed by atoms with Crippen molar-refractivity contribution in [3.8, 4) is 5.69 Å². The molecule has 0 unspecified atom stereocenters. The summed E-state index contributed by atoms with van der Waals surface area (Å²) in [6, 6.07) is 23.1. The zero-order valence-corrected chi connectivity index (χ0v) is 13.0. The molecule has 23 heavy (non-hydrogen) atoms. The molecular formula is C20H20N2O. The standard InChI is InChI=1S/C20H20N2O/c1-3-7-17(8-4-1)15-22-13-14-23-20(22)18-11-12-21(16-18)19-9-5-2-6-10-19/h1-12,16,20H,13-15H2/t20-/m0/s1. The third kappa shape index (κ3) is 3.07. The van der Waals surface area contributed by atoms with Crippen molar-refractivity contribution in [2.75, 3.05) is 13.2 Å². The molecular weight excluding hydrogens is 284 g/mol. The second-order valence-corrected chi connectivity index (χ2v) is 5.87. The average Bonchev–Trinajstić information content (AvgIpc) is 3.25. The van der Waals surface area contributed by atoms with Gasteiger partial charge in [-0.1, -0.05) is 48.5 Å². The first-order valence-electron chi connectivity index (χ1n) is 8.03. The highest BCUT2D eigenvalue weighted by Crippen LogP contribution is 2.29. The number of hydrogen-bond donors (Lipinski definition) is 0. The van der Waals surface area contributed by atoms with Crippen LogP contribution >= 0.6 is 0 Å². The maximum Gasteiger partial charge on any atom is 0.138 e. The third-order valence-electron chi connectivity index (χ3n) is 4.27. The second kappa shape index (κ2) is 6.41. The van der Waals surface area contributed by atoms with Crippen LogP contribution in [0.2, 0.25) is 0 Å². The van der Waals surface area contributed by atoms with Crippen LogP contribution in [-0.4, -0.2) is 22.6 Å². The van der Waals surface area contributed by atoms with Crippen molar-refractivity contribution in [1.82, 2.24) is 9.47 Å². The van der Waals surface area contributed by atoms with Crippen LogP contribution in [0.1, 0.15) is 17.4 Å². The predicted octanol–water partition coefficient (Wildman–Crippen LogP) is 4.01. The summed E-state index contributed by atoms with van der Waals surface area (Å²) in [5, 5.41) is 0. The van der Waals surface area contributed by atoms with E-state index in [1.165, 1.54) is 16.8 Å². The van der Waals surface area contributed by atoms with E-state index in [0.29, 0.717) is 0 Å². The highest BCUT2D eigenvalue weighted by molar-refractivity contribution is 5.34. The van der Waals surface area contributed by atoms with Gasteiger partial charge in [-0.3, -0.25) is 4.90 Å². The molecule has 2 heterocycles. The first-order valence-corrected chi connectivity index (χ1v) is 8.03. The van der Waals surface area contributed by atoms with Gasteiger partial charge in [-0.2, -0.15) is 0 Å². The minimum atomic E-state index is 0.0418. The van der Waals surface area contributed by atoms with E-state index in [0.717, 1.165) is 19.7 Å². The van der Waals surface area contributed by atoms with E-state index in [4.69, 9.17) is 4.74 Å². The minimum Gasteiger partial charge on any atom is -0.357 e. The lowest BCUT2D eigenvalue weighted by atomic mass is 10.2. The fraction of sp³-hybridized carbons (Fsp3) is 0.200. The number of ether oxygens (including phenoxy) is 1. The van der Waals surface area contributed by atoms with Crippen LogP contribution < -0.4 is 0 Å². The van der Waals surface area contributed by atoms with Crippen LogP contribution in [0, 0.1) is 0 Å². The van der Waals surface area contributed by atoms with Crippen molar-refractivity contribution in [2.24, 2.45) is 0 Å². The average molecular weight is 304 g/mol. The molecule has 0 saturated carbocycles. The van der Waals surface area contributed by atoms with Gasteiger partial charge in [0, 0.05) is 36.7 Å². The fourth-order valence-corrected chi connectivity index (χ4v) is 3.11. The molecule has 0 N–H and O–H groups in total. The summed E-state index contributed by atoms with van der Waals surface area (Å²) in [5.41, 5.74) is 3.71. The van der Waals surface area contributed by atoms with E-state index in [-0.39, 0.29) is 6.23 Å². The van der Waals surface area contributed by atoms with Gasteiger partial charge in [0.05, 0.1) is 6.61 Å². The Labute approximate surface area is 136 Å². The van der Waals surface area contributed by atoms with Gasteiger partial charge in [-0.25, -0.2) is 0 Å². The van der Waals surface area contributed by atoms with Gasteiger partial charge in [-0.05, 0) is 23.8 Å². The van der Waals surface area contributed by atoms with E-state index in [1.54, 1.807) is 0 Å². The first-order chi connectivity index (χ1) is 11.4. The highest BCUT2D eigenvalue weighted by Gasteiger charge is 2.27. The van der Waals surface area contributed by atoms with Crippen LogP contribution in [0.3, 0.4) is 0 Å². The molecule has 116 valence electrons. The van der Waals surface area contributed by atoms with Gasteiger partial charge in [0.15, 0.2) is 0 Å². The van der Waals surface area contributed by atoms with Gasteiger partial charge in [0.2, 0.25) is 0 Å². The summed E-state index contributed by atoms with van der Waals surface area (Å²) in [5.74, 6) is 0. The summed E-state index contributed by atoms with van der Waals surface area (Å²) < 4.78 is 8.14. The summed E-state index contributed by atoms with van der Waals surface area (Å²) >= 11 is 0. The molecule has 0 spiro atoms. The van der Waals surface area contributed by atoms with E-state index in [1.807, 2.05) is 6.07 Å². The number of nitrogens with zero attached hydrogens (tertiary/aromatic N) is 2. The van der Waals surface area contributed by atoms with Crippen molar-refractivity contribution in [3.63, 3.8) is 0 Å². The van der Waals surface area contributed by atoms with E-state index in [9.17, 15) is 0 Å². The Kier molecular flexibility index (Phi) is 3.97. The van der Waals surface area contributed by atoms with E-state index in [2.05, 4.69) is 82.5 Å². The van der Waals surface area contributed by atoms with Crippen molar-refractivity contribution >= 4 is 0 Å². The molecule has 3 aromatic rings. The normalized spacial score (nSPS) is 18.3. The van der Waals surface area contributed by atoms with Crippen molar-refractivity contribution in [3.05, 3.63) is 90.3 Å². The number of hydrogen-bond acceptors (Lipinski definition) is 2. The van der Waals surface area contributed by atoms with Crippen LogP contribution in [0.15, 0.2) is 79.1 Å². The summed E-state index contributed by atoms with van der Waals surface area (Å²) in [4.78, 5) is 2.39. The molecule has 0 aliphatic carbocycles. The Hall–Kier alpha value is -2.36. The molecule has 1 atom stereocenters. The maximum absolute atomic E-state index is 5.99. The Morgan fingerprint density at radius 2 is 1.65 bits per heavy atom. The Morgan fingerprint density at radius 3 is 2.43 bits per heavy atom. The molecule has 1 aromatic heterocycles. The van der Waals surface area contributed by atoms with Gasteiger partial charge in [-0.15, -0.1) is 0 Å². The monoisotopic (exact) mass is 304 g/mol. The summed E-state index contributed by atoms with van der Waals surface area (Å²) in [6.07, 6.45) is 4.32. The Bertz CT molecular complexity index is 752. The predicted molar refractivity (Wildman–Crippen MR) is 91.3 cm³/mol. The van der Waals surface area contributed by atoms with Crippen LogP contribution in [0.5, 0.6) is 0 Å². The first kappa shape index (κ1) is 14.2. The van der Waals surface area contributed by atoms with Crippen LogP contribution in [0.4, 0.5) is 0 Å². The molecule has 4 rings (SSSR count). The van der Waals surface area contributed by atoms with Crippen LogP contribution in [-0.2, 0) is 11.3 Å². The molecule has 1 aliphatic rings. The molecule has 0 radical (unpaired) electrons. The molecule has 1 aliphatic heterocycles. The molecule has 1 saturated heterocycles. The highest BCUT2D eigenvalue weighted by atomic mass is 16.5. The topological polar surface area (TPSA) is 17.4 Å². The largest absolute Gasteiger partial charge is 0.357 e. The zero-order chi connectivity index (χ0) is 15.5. The number of rotatable bonds is 4. The molecule has 0 amide bonds. The molecule has 2 aromatic carbocycles. The summed E-state index contributed by atoms with van der Waals surface area (Å²) in [6.45, 7) is 2.67. The number of benzene rings is 2. The van der Waals surface area contributed by atoms with Crippen LogP contribution in [0.25, 0.3) is 5.69 Å². The van der Waals surface area contributed by atoms with E-state index < -0.39 is 0 Å². The fourth-order valence-electron chi connectivity index (χ4n) is 3.11.